The van der Waals surface area contributed by atoms with Gasteiger partial charge < -0.3 is 24.1 Å². The first kappa shape index (κ1) is 30.2. The molecule has 0 unspecified atom stereocenters. The van der Waals surface area contributed by atoms with Gasteiger partial charge >= 0.3 is 0 Å². The fourth-order valence-corrected chi connectivity index (χ4v) is 8.08. The molecule has 1 saturated carbocycles. The molecule has 9 nitrogen and oxygen atoms in total. The van der Waals surface area contributed by atoms with Gasteiger partial charge in [-0.15, -0.1) is 0 Å². The average Bonchev–Trinajstić information content (AvgIpc) is 3.40. The number of aromatic amines is 1. The third kappa shape index (κ3) is 5.51. The number of methoxy groups -OCH3 is 1. The maximum Gasteiger partial charge on any atom is 0.164 e. The maximum absolute atomic E-state index is 14.1. The number of nitrogens with zero attached hydrogens (tertiary/aromatic N) is 4. The smallest absolute Gasteiger partial charge is 0.164 e. The number of piperazine rings is 1. The van der Waals surface area contributed by atoms with Crippen molar-refractivity contribution in [3.8, 4) is 23.0 Å². The second-order valence-corrected chi connectivity index (χ2v) is 14.5. The highest BCUT2D eigenvalue weighted by Crippen LogP contribution is 2.52. The van der Waals surface area contributed by atoms with Gasteiger partial charge in [0.15, 0.2) is 17.8 Å². The first-order valence-corrected chi connectivity index (χ1v) is 16.7. The highest BCUT2D eigenvalue weighted by molar-refractivity contribution is 5.82. The minimum absolute atomic E-state index is 0.0830. The fourth-order valence-electron chi connectivity index (χ4n) is 8.08. The third-order valence-electron chi connectivity index (χ3n) is 10.9. The van der Waals surface area contributed by atoms with E-state index in [1.54, 1.807) is 19.2 Å². The van der Waals surface area contributed by atoms with Crippen LogP contribution in [0.3, 0.4) is 0 Å². The Morgan fingerprint density at radius 3 is 2.66 bits per heavy atom. The zero-order chi connectivity index (χ0) is 32.3. The van der Waals surface area contributed by atoms with Crippen molar-refractivity contribution in [2.75, 3.05) is 57.9 Å². The summed E-state index contributed by atoms with van der Waals surface area (Å²) in [7, 11) is 1.74. The summed E-state index contributed by atoms with van der Waals surface area (Å²) in [5, 5.41) is 0.353. The molecule has 3 aliphatic heterocycles. The number of anilines is 1. The van der Waals surface area contributed by atoms with Crippen molar-refractivity contribution in [1.82, 2.24) is 19.8 Å². The molecular weight excluding hydrogens is 597 g/mol. The lowest BCUT2D eigenvalue weighted by molar-refractivity contribution is -0.0380. The molecule has 8 rings (SSSR count). The van der Waals surface area contributed by atoms with Crippen LogP contribution in [-0.2, 0) is 12.0 Å². The second-order valence-electron chi connectivity index (χ2n) is 14.5. The van der Waals surface area contributed by atoms with Crippen LogP contribution in [0, 0.1) is 11.2 Å². The molecule has 5 heterocycles. The monoisotopic (exact) mass is 639 g/mol. The largest absolute Gasteiger partial charge is 0.493 e. The van der Waals surface area contributed by atoms with E-state index in [9.17, 15) is 9.18 Å². The number of pyridine rings is 1. The minimum Gasteiger partial charge on any atom is -0.493 e. The number of rotatable bonds is 8. The van der Waals surface area contributed by atoms with Crippen molar-refractivity contribution >= 4 is 23.0 Å². The normalized spacial score (nSPS) is 20.7. The van der Waals surface area contributed by atoms with Crippen LogP contribution in [0.15, 0.2) is 48.8 Å². The van der Waals surface area contributed by atoms with Gasteiger partial charge in [0, 0.05) is 80.8 Å². The number of nitrogens with one attached hydrogen (secondary N) is 1. The van der Waals surface area contributed by atoms with Crippen molar-refractivity contribution in [3.63, 3.8) is 0 Å². The lowest BCUT2D eigenvalue weighted by atomic mass is 9.60. The predicted octanol–water partition coefficient (Wildman–Crippen LogP) is 6.16. The van der Waals surface area contributed by atoms with Gasteiger partial charge in [0.25, 0.3) is 0 Å². The molecule has 2 aromatic carbocycles. The standard InChI is InChI=1S/C37H42FN5O4/c1-36(2)6-11-46-34-30(36)12-24(13-33(34)45-3)20-41-7-9-42(10-8-41)27-16-37(17-27)22-43(23-37)26-5-4-25(21-44)32(14-26)47-28-15-29-31(38)19-40-35(29)39-18-28/h4-5,12-15,18-19,21,27H,6-11,16-17,20,22-23H2,1-3H3,(H,39,40). The van der Waals surface area contributed by atoms with Crippen LogP contribution in [-0.4, -0.2) is 85.1 Å². The van der Waals surface area contributed by atoms with Gasteiger partial charge in [0.1, 0.15) is 23.0 Å². The molecule has 0 bridgehead atoms. The van der Waals surface area contributed by atoms with Crippen molar-refractivity contribution < 1.29 is 23.4 Å². The number of halogens is 1. The molecule has 246 valence electrons. The molecule has 1 aliphatic carbocycles. The highest BCUT2D eigenvalue weighted by Gasteiger charge is 2.54. The van der Waals surface area contributed by atoms with E-state index < -0.39 is 0 Å². The van der Waals surface area contributed by atoms with Gasteiger partial charge in [-0.25, -0.2) is 9.37 Å². The summed E-state index contributed by atoms with van der Waals surface area (Å²) >= 11 is 0. The number of ether oxygens (including phenoxy) is 3. The van der Waals surface area contributed by atoms with Gasteiger partial charge in [0.2, 0.25) is 0 Å². The number of aldehydes is 1. The summed E-state index contributed by atoms with van der Waals surface area (Å²) in [5.74, 6) is 2.22. The van der Waals surface area contributed by atoms with Crippen LogP contribution in [0.4, 0.5) is 10.1 Å². The van der Waals surface area contributed by atoms with Crippen LogP contribution in [0.1, 0.15) is 54.6 Å². The molecule has 0 amide bonds. The summed E-state index contributed by atoms with van der Waals surface area (Å²) < 4.78 is 31.9. The topological polar surface area (TPSA) is 83.2 Å². The Bertz CT molecular complexity index is 1820. The van der Waals surface area contributed by atoms with Crippen LogP contribution in [0.2, 0.25) is 0 Å². The van der Waals surface area contributed by atoms with Gasteiger partial charge in [-0.3, -0.25) is 14.6 Å². The van der Waals surface area contributed by atoms with Crippen LogP contribution >= 0.6 is 0 Å². The number of H-pyrrole nitrogens is 1. The lowest BCUT2D eigenvalue weighted by Gasteiger charge is -2.62. The molecule has 4 aliphatic rings. The van der Waals surface area contributed by atoms with Crippen molar-refractivity contribution in [3.05, 3.63) is 71.3 Å². The molecule has 47 heavy (non-hydrogen) atoms. The molecule has 0 atom stereocenters. The minimum atomic E-state index is -0.389. The third-order valence-corrected chi connectivity index (χ3v) is 10.9. The van der Waals surface area contributed by atoms with Gasteiger partial charge in [0.05, 0.1) is 30.9 Å². The number of fused-ring (bicyclic) bond motifs is 2. The molecule has 1 N–H and O–H groups in total. The molecule has 10 heteroatoms. The SMILES string of the molecule is COc1cc(CN2CCN(C3CC4(C3)CN(c3ccc(C=O)c(Oc5cnc6[nH]cc(F)c6c5)c3)C4)CC2)cc2c1OCCC2(C)C. The number of hydrogen-bond acceptors (Lipinski definition) is 8. The van der Waals surface area contributed by atoms with E-state index in [1.165, 1.54) is 36.4 Å². The Hall–Kier alpha value is -4.15. The van der Waals surface area contributed by atoms with Crippen LogP contribution in [0.25, 0.3) is 11.0 Å². The van der Waals surface area contributed by atoms with E-state index in [1.807, 2.05) is 12.1 Å². The summed E-state index contributed by atoms with van der Waals surface area (Å²) in [6.07, 6.45) is 7.06. The number of hydrogen-bond donors (Lipinski definition) is 1. The molecule has 2 saturated heterocycles. The van der Waals surface area contributed by atoms with Gasteiger partial charge in [-0.05, 0) is 60.6 Å². The summed E-state index contributed by atoms with van der Waals surface area (Å²) in [6.45, 7) is 12.6. The fraction of sp³-hybridized carbons (Fsp3) is 0.459. The molecule has 1 spiro atoms. The van der Waals surface area contributed by atoms with E-state index in [0.29, 0.717) is 39.6 Å². The molecule has 3 fully saturated rings. The van der Waals surface area contributed by atoms with E-state index in [-0.39, 0.29) is 11.2 Å². The quantitative estimate of drug-likeness (QED) is 0.230. The Morgan fingerprint density at radius 1 is 1.09 bits per heavy atom. The lowest BCUT2D eigenvalue weighted by Crippen LogP contribution is -2.68. The first-order chi connectivity index (χ1) is 22.7. The van der Waals surface area contributed by atoms with Crippen LogP contribution in [0.5, 0.6) is 23.0 Å². The van der Waals surface area contributed by atoms with Gasteiger partial charge in [-0.1, -0.05) is 13.8 Å². The molecule has 0 radical (unpaired) electrons. The average molecular weight is 640 g/mol. The van der Waals surface area contributed by atoms with Gasteiger partial charge in [-0.2, -0.15) is 0 Å². The van der Waals surface area contributed by atoms with E-state index >= 15 is 0 Å². The van der Waals surface area contributed by atoms with Crippen molar-refractivity contribution in [2.24, 2.45) is 5.41 Å². The van der Waals surface area contributed by atoms with E-state index in [2.05, 4.69) is 50.6 Å². The van der Waals surface area contributed by atoms with Crippen LogP contribution < -0.4 is 19.1 Å². The molecular formula is C37H42FN5O4. The zero-order valence-electron chi connectivity index (χ0n) is 27.4. The number of benzene rings is 2. The summed E-state index contributed by atoms with van der Waals surface area (Å²) in [5.41, 5.74) is 4.94. The first-order valence-electron chi connectivity index (χ1n) is 16.7. The Balaban J connectivity index is 0.849. The summed E-state index contributed by atoms with van der Waals surface area (Å²) in [4.78, 5) is 26.4. The Labute approximate surface area is 274 Å². The number of carbonyl (C=O) groups is 1. The second kappa shape index (κ2) is 11.5. The maximum atomic E-state index is 14.1. The number of aromatic nitrogens is 2. The predicted molar refractivity (Wildman–Crippen MR) is 179 cm³/mol. The van der Waals surface area contributed by atoms with Crippen molar-refractivity contribution in [1.29, 1.82) is 0 Å². The van der Waals surface area contributed by atoms with E-state index in [4.69, 9.17) is 14.2 Å². The highest BCUT2D eigenvalue weighted by atomic mass is 19.1. The Kier molecular flexibility index (Phi) is 7.40. The van der Waals surface area contributed by atoms with E-state index in [0.717, 1.165) is 82.3 Å². The number of carbonyl (C=O) groups excluding carboxylic acids is 1. The molecule has 4 aromatic rings. The zero-order valence-corrected chi connectivity index (χ0v) is 27.4. The Morgan fingerprint density at radius 2 is 1.89 bits per heavy atom. The molecule has 2 aromatic heterocycles. The summed E-state index contributed by atoms with van der Waals surface area (Å²) in [6, 6.07) is 12.4. The van der Waals surface area contributed by atoms with Crippen molar-refractivity contribution in [2.45, 2.75) is 51.1 Å².